The summed E-state index contributed by atoms with van der Waals surface area (Å²) in [7, 11) is -1.04. The predicted octanol–water partition coefficient (Wildman–Crippen LogP) is 2.21. The van der Waals surface area contributed by atoms with E-state index in [1.165, 1.54) is 17.7 Å². The third-order valence-corrected chi connectivity index (χ3v) is 6.47. The van der Waals surface area contributed by atoms with Gasteiger partial charge in [-0.3, -0.25) is 4.79 Å². The van der Waals surface area contributed by atoms with Crippen LogP contribution in [0.3, 0.4) is 0 Å². The fourth-order valence-electron chi connectivity index (χ4n) is 2.78. The molecule has 0 amide bonds. The molecule has 0 aromatic carbocycles. The summed E-state index contributed by atoms with van der Waals surface area (Å²) in [4.78, 5) is 24.7. The Labute approximate surface area is 165 Å². The summed E-state index contributed by atoms with van der Waals surface area (Å²) in [5.41, 5.74) is 2.57. The van der Waals surface area contributed by atoms with Crippen LogP contribution in [0.1, 0.15) is 37.7 Å². The first kappa shape index (κ1) is 19.8. The van der Waals surface area contributed by atoms with Gasteiger partial charge in [-0.1, -0.05) is 0 Å². The smallest absolute Gasteiger partial charge is 0.311 e. The summed E-state index contributed by atoms with van der Waals surface area (Å²) >= 11 is 1.40. The maximum absolute atomic E-state index is 12.5. The van der Waals surface area contributed by atoms with Crippen molar-refractivity contribution in [2.75, 3.05) is 18.5 Å². The number of thiazole rings is 1. The van der Waals surface area contributed by atoms with Crippen LogP contribution in [0.5, 0.6) is 0 Å². The van der Waals surface area contributed by atoms with E-state index >= 15 is 0 Å². The molecule has 0 bridgehead atoms. The van der Waals surface area contributed by atoms with Crippen LogP contribution in [0.4, 0.5) is 10.9 Å². The number of carbonyl (C=O) groups excluding carboxylic acids is 1. The minimum atomic E-state index is -1.04. The fraction of sp³-hybridized carbons (Fsp3) is 0.529. The lowest BCUT2D eigenvalue weighted by Crippen LogP contribution is -2.36. The molecule has 27 heavy (non-hydrogen) atoms. The first-order valence-electron chi connectivity index (χ1n) is 8.83. The second-order valence-corrected chi connectivity index (χ2v) is 9.21. The van der Waals surface area contributed by atoms with Crippen molar-refractivity contribution in [1.82, 2.24) is 19.3 Å². The lowest BCUT2D eigenvalue weighted by molar-refractivity contribution is -0.142. The van der Waals surface area contributed by atoms with E-state index in [-0.39, 0.29) is 17.6 Å². The molecular formula is C17H23N5O3S2. The van der Waals surface area contributed by atoms with Crippen molar-refractivity contribution in [3.8, 4) is 0 Å². The number of rotatable bonds is 7. The Morgan fingerprint density at radius 1 is 1.44 bits per heavy atom. The molecule has 1 atom stereocenters. The van der Waals surface area contributed by atoms with Crippen LogP contribution in [0.25, 0.3) is 0 Å². The Morgan fingerprint density at radius 2 is 2.26 bits per heavy atom. The van der Waals surface area contributed by atoms with Crippen molar-refractivity contribution >= 4 is 39.2 Å². The van der Waals surface area contributed by atoms with E-state index in [2.05, 4.69) is 20.3 Å². The highest BCUT2D eigenvalue weighted by Crippen LogP contribution is 2.28. The summed E-state index contributed by atoms with van der Waals surface area (Å²) in [5, 5.41) is 5.77. The van der Waals surface area contributed by atoms with Crippen LogP contribution in [-0.4, -0.2) is 47.8 Å². The normalized spacial score (nSPS) is 15.4. The van der Waals surface area contributed by atoms with E-state index in [0.29, 0.717) is 29.8 Å². The second-order valence-electron chi connectivity index (χ2n) is 6.34. The van der Waals surface area contributed by atoms with E-state index in [1.807, 2.05) is 23.5 Å². The maximum Gasteiger partial charge on any atom is 0.311 e. The monoisotopic (exact) mass is 409 g/mol. The zero-order valence-electron chi connectivity index (χ0n) is 15.6. The number of carbonyl (C=O) groups is 1. The summed E-state index contributed by atoms with van der Waals surface area (Å²) in [6.45, 7) is 7.29. The van der Waals surface area contributed by atoms with Gasteiger partial charge in [-0.05, 0) is 20.8 Å². The molecule has 10 heteroatoms. The van der Waals surface area contributed by atoms with E-state index in [1.54, 1.807) is 6.92 Å². The van der Waals surface area contributed by atoms with Gasteiger partial charge in [0.1, 0.15) is 12.1 Å². The van der Waals surface area contributed by atoms with Crippen LogP contribution in [0, 0.1) is 0 Å². The molecule has 1 aliphatic heterocycles. The zero-order valence-corrected chi connectivity index (χ0v) is 17.2. The summed E-state index contributed by atoms with van der Waals surface area (Å²) in [5.74, 6) is 0.378. The van der Waals surface area contributed by atoms with Gasteiger partial charge in [0, 0.05) is 35.7 Å². The van der Waals surface area contributed by atoms with Gasteiger partial charge in [-0.2, -0.15) is 0 Å². The molecule has 1 aliphatic rings. The van der Waals surface area contributed by atoms with Crippen LogP contribution >= 0.6 is 11.3 Å². The number of hydrogen-bond acceptors (Lipinski definition) is 8. The number of hydrogen-bond donors (Lipinski definition) is 1. The summed E-state index contributed by atoms with van der Waals surface area (Å²) in [6, 6.07) is 0. The molecule has 8 nitrogen and oxygen atoms in total. The van der Waals surface area contributed by atoms with Crippen LogP contribution in [-0.2, 0) is 39.9 Å². The molecule has 2 aromatic heterocycles. The van der Waals surface area contributed by atoms with Gasteiger partial charge >= 0.3 is 5.97 Å². The molecule has 0 fully saturated rings. The molecule has 0 spiro atoms. The molecular weight excluding hydrogens is 386 g/mol. The van der Waals surface area contributed by atoms with Gasteiger partial charge in [-0.15, -0.1) is 11.3 Å². The van der Waals surface area contributed by atoms with Gasteiger partial charge in [0.2, 0.25) is 0 Å². The quantitative estimate of drug-likeness (QED) is 0.700. The molecule has 0 saturated heterocycles. The zero-order chi connectivity index (χ0) is 19.4. The molecule has 0 saturated carbocycles. The Bertz CT molecular complexity index is 840. The van der Waals surface area contributed by atoms with Crippen molar-refractivity contribution in [2.45, 2.75) is 45.4 Å². The third kappa shape index (κ3) is 4.88. The molecule has 3 rings (SSSR count). The van der Waals surface area contributed by atoms with Gasteiger partial charge in [0.05, 0.1) is 35.4 Å². The minimum Gasteiger partial charge on any atom is -0.466 e. The lowest BCUT2D eigenvalue weighted by atomic mass is 10.1. The first-order chi connectivity index (χ1) is 13.0. The van der Waals surface area contributed by atoms with E-state index < -0.39 is 11.0 Å². The summed E-state index contributed by atoms with van der Waals surface area (Å²) in [6.07, 6.45) is 2.41. The molecule has 2 aromatic rings. The fourth-order valence-corrected chi connectivity index (χ4v) is 4.62. The van der Waals surface area contributed by atoms with Crippen LogP contribution in [0.2, 0.25) is 0 Å². The Kier molecular flexibility index (Phi) is 6.51. The molecule has 0 aliphatic carbocycles. The number of nitrogens with one attached hydrogen (secondary N) is 1. The van der Waals surface area contributed by atoms with Gasteiger partial charge in [0.25, 0.3) is 0 Å². The maximum atomic E-state index is 12.5. The van der Waals surface area contributed by atoms with Crippen molar-refractivity contribution in [3.05, 3.63) is 28.7 Å². The van der Waals surface area contributed by atoms with Gasteiger partial charge < -0.3 is 10.1 Å². The minimum absolute atomic E-state index is 0.0667. The van der Waals surface area contributed by atoms with Crippen LogP contribution < -0.4 is 5.32 Å². The third-order valence-electron chi connectivity index (χ3n) is 4.03. The number of fused-ring (bicyclic) bond motifs is 1. The van der Waals surface area contributed by atoms with Crippen LogP contribution in [0.15, 0.2) is 11.7 Å². The van der Waals surface area contributed by atoms with Crippen molar-refractivity contribution in [1.29, 1.82) is 0 Å². The first-order valence-corrected chi connectivity index (χ1v) is 10.9. The van der Waals surface area contributed by atoms with Gasteiger partial charge in [0.15, 0.2) is 5.13 Å². The van der Waals surface area contributed by atoms with E-state index in [0.717, 1.165) is 24.2 Å². The highest BCUT2D eigenvalue weighted by Gasteiger charge is 2.26. The standard InChI is InChI=1S/C17H23N5O3S2/c1-4-25-15(23)7-12-9-26-17(20-12)21-16-13-8-22(27(24)11(2)3)6-5-14(13)18-10-19-16/h9-11H,4-8H2,1-3H3,(H,18,19,20,21). The topological polar surface area (TPSA) is 97.3 Å². The molecule has 1 N–H and O–H groups in total. The van der Waals surface area contributed by atoms with Gasteiger partial charge in [-0.25, -0.2) is 23.5 Å². The Morgan fingerprint density at radius 3 is 3.00 bits per heavy atom. The summed E-state index contributed by atoms with van der Waals surface area (Å²) < 4.78 is 19.4. The number of anilines is 2. The number of nitrogens with zero attached hydrogens (tertiary/aromatic N) is 4. The molecule has 0 radical (unpaired) electrons. The Hall–Kier alpha value is -1.91. The average molecular weight is 410 g/mol. The highest BCUT2D eigenvalue weighted by molar-refractivity contribution is 7.83. The Balaban J connectivity index is 1.75. The SMILES string of the molecule is CCOC(=O)Cc1csc(Nc2ncnc3c2CN(S(=O)C(C)C)CC3)n1. The van der Waals surface area contributed by atoms with E-state index in [4.69, 9.17) is 4.74 Å². The molecule has 1 unspecified atom stereocenters. The predicted molar refractivity (Wildman–Crippen MR) is 105 cm³/mol. The average Bonchev–Trinajstić information content (AvgIpc) is 3.08. The van der Waals surface area contributed by atoms with Crippen molar-refractivity contribution < 1.29 is 13.7 Å². The van der Waals surface area contributed by atoms with Crippen molar-refractivity contribution in [2.24, 2.45) is 0 Å². The number of esters is 1. The lowest BCUT2D eigenvalue weighted by Gasteiger charge is -2.29. The highest BCUT2D eigenvalue weighted by atomic mass is 32.2. The molecule has 146 valence electrons. The number of aromatic nitrogens is 3. The largest absolute Gasteiger partial charge is 0.466 e. The second kappa shape index (κ2) is 8.85. The molecule has 3 heterocycles. The van der Waals surface area contributed by atoms with E-state index in [9.17, 15) is 9.00 Å². The van der Waals surface area contributed by atoms with Crippen molar-refractivity contribution in [3.63, 3.8) is 0 Å². The number of ether oxygens (including phenoxy) is 1.